The predicted octanol–water partition coefficient (Wildman–Crippen LogP) is 2.30. The summed E-state index contributed by atoms with van der Waals surface area (Å²) in [6, 6.07) is 4.52. The number of amides is 1. The molecule has 1 amide bonds. The standard InChI is InChI=1S/C12H13Cl2NO3S/c1-12(2-3-19(17,18)7-12)15-11(16)8-4-9(13)6-10(14)5-8/h4-6H,2-3,7H2,1H3,(H,15,16). The monoisotopic (exact) mass is 321 g/mol. The fraction of sp³-hybridized carbons (Fsp3) is 0.417. The minimum atomic E-state index is -3.06. The Bertz CT molecular complexity index is 610. The summed E-state index contributed by atoms with van der Waals surface area (Å²) in [7, 11) is -3.06. The Morgan fingerprint density at radius 3 is 2.32 bits per heavy atom. The Kier molecular flexibility index (Phi) is 3.82. The third-order valence-corrected chi connectivity index (χ3v) is 5.38. The van der Waals surface area contributed by atoms with Gasteiger partial charge in [0.2, 0.25) is 0 Å². The molecule has 1 aliphatic heterocycles. The van der Waals surface area contributed by atoms with Crippen LogP contribution in [0.5, 0.6) is 0 Å². The van der Waals surface area contributed by atoms with E-state index in [9.17, 15) is 13.2 Å². The zero-order chi connectivity index (χ0) is 14.3. The van der Waals surface area contributed by atoms with Crippen molar-refractivity contribution < 1.29 is 13.2 Å². The summed E-state index contributed by atoms with van der Waals surface area (Å²) in [5.74, 6) is -0.316. The highest BCUT2D eigenvalue weighted by Crippen LogP contribution is 2.24. The van der Waals surface area contributed by atoms with Gasteiger partial charge in [0, 0.05) is 15.6 Å². The maximum absolute atomic E-state index is 12.1. The number of rotatable bonds is 2. The molecule has 1 aromatic rings. The van der Waals surface area contributed by atoms with Crippen LogP contribution in [-0.2, 0) is 9.84 Å². The zero-order valence-corrected chi connectivity index (χ0v) is 12.6. The lowest BCUT2D eigenvalue weighted by Gasteiger charge is -2.24. The van der Waals surface area contributed by atoms with Gasteiger partial charge in [-0.05, 0) is 31.5 Å². The number of hydrogen-bond acceptors (Lipinski definition) is 3. The molecule has 1 unspecified atom stereocenters. The molecule has 1 atom stereocenters. The molecule has 7 heteroatoms. The Hall–Kier alpha value is -0.780. The lowest BCUT2D eigenvalue weighted by atomic mass is 10.0. The Morgan fingerprint density at radius 2 is 1.84 bits per heavy atom. The van der Waals surface area contributed by atoms with Crippen LogP contribution in [0.25, 0.3) is 0 Å². The van der Waals surface area contributed by atoms with Gasteiger partial charge in [0.05, 0.1) is 17.0 Å². The normalized spacial score (nSPS) is 25.2. The molecule has 1 fully saturated rings. The molecule has 0 radical (unpaired) electrons. The third kappa shape index (κ3) is 3.61. The topological polar surface area (TPSA) is 63.2 Å². The van der Waals surface area contributed by atoms with E-state index in [1.54, 1.807) is 6.92 Å². The minimum Gasteiger partial charge on any atom is -0.346 e. The van der Waals surface area contributed by atoms with Crippen LogP contribution in [0.4, 0.5) is 0 Å². The van der Waals surface area contributed by atoms with Gasteiger partial charge in [-0.1, -0.05) is 23.2 Å². The van der Waals surface area contributed by atoms with E-state index >= 15 is 0 Å². The average Bonchev–Trinajstić information content (AvgIpc) is 2.51. The van der Waals surface area contributed by atoms with E-state index < -0.39 is 15.4 Å². The van der Waals surface area contributed by atoms with Gasteiger partial charge in [-0.15, -0.1) is 0 Å². The summed E-state index contributed by atoms with van der Waals surface area (Å²) in [5, 5.41) is 3.47. The number of hydrogen-bond donors (Lipinski definition) is 1. The fourth-order valence-electron chi connectivity index (χ4n) is 2.14. The second-order valence-corrected chi connectivity index (χ2v) is 8.07. The summed E-state index contributed by atoms with van der Waals surface area (Å²) in [6.45, 7) is 1.72. The highest BCUT2D eigenvalue weighted by atomic mass is 35.5. The van der Waals surface area contributed by atoms with Crippen LogP contribution in [0.15, 0.2) is 18.2 Å². The van der Waals surface area contributed by atoms with E-state index in [2.05, 4.69) is 5.32 Å². The highest BCUT2D eigenvalue weighted by Gasteiger charge is 2.39. The molecule has 1 N–H and O–H groups in total. The molecular weight excluding hydrogens is 309 g/mol. The van der Waals surface area contributed by atoms with Crippen molar-refractivity contribution in [2.75, 3.05) is 11.5 Å². The largest absolute Gasteiger partial charge is 0.346 e. The van der Waals surface area contributed by atoms with Gasteiger partial charge >= 0.3 is 0 Å². The molecule has 104 valence electrons. The lowest BCUT2D eigenvalue weighted by Crippen LogP contribution is -2.46. The first-order chi connectivity index (χ1) is 8.69. The van der Waals surface area contributed by atoms with Crippen LogP contribution in [-0.4, -0.2) is 31.4 Å². The number of halogens is 2. The van der Waals surface area contributed by atoms with Crippen LogP contribution in [0, 0.1) is 0 Å². The first kappa shape index (κ1) is 14.6. The van der Waals surface area contributed by atoms with Crippen molar-refractivity contribution in [3.63, 3.8) is 0 Å². The number of benzene rings is 1. The molecular formula is C12H13Cl2NO3S. The van der Waals surface area contributed by atoms with E-state index in [1.165, 1.54) is 18.2 Å². The molecule has 0 spiro atoms. The Balaban J connectivity index is 2.18. The van der Waals surface area contributed by atoms with Gasteiger partial charge in [0.25, 0.3) is 5.91 Å². The smallest absolute Gasteiger partial charge is 0.251 e. The Morgan fingerprint density at radius 1 is 1.26 bits per heavy atom. The summed E-state index contributed by atoms with van der Waals surface area (Å²) >= 11 is 11.7. The molecule has 2 rings (SSSR count). The third-order valence-electron chi connectivity index (χ3n) is 3.04. The summed E-state index contributed by atoms with van der Waals surface area (Å²) in [5.41, 5.74) is -0.409. The van der Waals surface area contributed by atoms with Crippen molar-refractivity contribution in [3.8, 4) is 0 Å². The molecule has 1 aromatic carbocycles. The van der Waals surface area contributed by atoms with Gasteiger partial charge in [-0.2, -0.15) is 0 Å². The van der Waals surface area contributed by atoms with Gasteiger partial charge in [-0.3, -0.25) is 4.79 Å². The van der Waals surface area contributed by atoms with Crippen molar-refractivity contribution >= 4 is 38.9 Å². The maximum atomic E-state index is 12.1. The number of nitrogens with one attached hydrogen (secondary N) is 1. The molecule has 0 bridgehead atoms. The van der Waals surface area contributed by atoms with Gasteiger partial charge in [0.1, 0.15) is 0 Å². The van der Waals surface area contributed by atoms with E-state index in [0.717, 1.165) is 0 Å². The fourth-order valence-corrected chi connectivity index (χ4v) is 4.76. The summed E-state index contributed by atoms with van der Waals surface area (Å²) < 4.78 is 23.0. The van der Waals surface area contributed by atoms with Crippen LogP contribution >= 0.6 is 23.2 Å². The second kappa shape index (κ2) is 4.96. The molecule has 0 aliphatic carbocycles. The molecule has 0 aromatic heterocycles. The molecule has 4 nitrogen and oxygen atoms in total. The van der Waals surface area contributed by atoms with Gasteiger partial charge < -0.3 is 5.32 Å². The Labute approximate surface area is 122 Å². The second-order valence-electron chi connectivity index (χ2n) is 5.01. The van der Waals surface area contributed by atoms with E-state index in [4.69, 9.17) is 23.2 Å². The van der Waals surface area contributed by atoms with E-state index in [-0.39, 0.29) is 17.4 Å². The summed E-state index contributed by atoms with van der Waals surface area (Å²) in [6.07, 6.45) is 0.412. The predicted molar refractivity (Wildman–Crippen MR) is 75.6 cm³/mol. The SMILES string of the molecule is CC1(NC(=O)c2cc(Cl)cc(Cl)c2)CCS(=O)(=O)C1. The first-order valence-electron chi connectivity index (χ1n) is 5.68. The molecule has 1 heterocycles. The van der Waals surface area contributed by atoms with Crippen LogP contribution < -0.4 is 5.32 Å². The van der Waals surface area contributed by atoms with Gasteiger partial charge in [0.15, 0.2) is 9.84 Å². The van der Waals surface area contributed by atoms with Crippen molar-refractivity contribution in [1.82, 2.24) is 5.32 Å². The van der Waals surface area contributed by atoms with Gasteiger partial charge in [-0.25, -0.2) is 8.42 Å². The molecule has 1 aliphatic rings. The van der Waals surface area contributed by atoms with Crippen molar-refractivity contribution in [1.29, 1.82) is 0 Å². The summed E-state index contributed by atoms with van der Waals surface area (Å²) in [4.78, 5) is 12.1. The van der Waals surface area contributed by atoms with E-state index in [0.29, 0.717) is 22.0 Å². The van der Waals surface area contributed by atoms with Crippen molar-refractivity contribution in [2.45, 2.75) is 18.9 Å². The first-order valence-corrected chi connectivity index (χ1v) is 8.26. The van der Waals surface area contributed by atoms with E-state index in [1.807, 2.05) is 0 Å². The average molecular weight is 322 g/mol. The van der Waals surface area contributed by atoms with Crippen LogP contribution in [0.3, 0.4) is 0 Å². The van der Waals surface area contributed by atoms with Crippen molar-refractivity contribution in [2.24, 2.45) is 0 Å². The quantitative estimate of drug-likeness (QED) is 0.909. The number of carbonyl (C=O) groups is 1. The number of sulfone groups is 1. The minimum absolute atomic E-state index is 0.0416. The van der Waals surface area contributed by atoms with Crippen LogP contribution in [0.2, 0.25) is 10.0 Å². The molecule has 1 saturated heterocycles. The number of carbonyl (C=O) groups excluding carboxylic acids is 1. The molecule has 19 heavy (non-hydrogen) atoms. The highest BCUT2D eigenvalue weighted by molar-refractivity contribution is 7.91. The van der Waals surface area contributed by atoms with Crippen LogP contribution in [0.1, 0.15) is 23.7 Å². The molecule has 0 saturated carbocycles. The maximum Gasteiger partial charge on any atom is 0.251 e. The zero-order valence-electron chi connectivity index (χ0n) is 10.2. The van der Waals surface area contributed by atoms with Crippen molar-refractivity contribution in [3.05, 3.63) is 33.8 Å². The lowest BCUT2D eigenvalue weighted by molar-refractivity contribution is 0.0915.